The second-order valence-electron chi connectivity index (χ2n) is 6.36. The molecule has 3 heterocycles. The summed E-state index contributed by atoms with van der Waals surface area (Å²) in [5.74, 6) is 0.657. The van der Waals surface area contributed by atoms with Crippen molar-refractivity contribution in [1.29, 1.82) is 0 Å². The van der Waals surface area contributed by atoms with Gasteiger partial charge in [-0.05, 0) is 36.1 Å². The van der Waals surface area contributed by atoms with E-state index in [1.165, 1.54) is 0 Å². The fourth-order valence-corrected chi connectivity index (χ4v) is 3.73. The number of aromatic nitrogens is 1. The second-order valence-corrected chi connectivity index (χ2v) is 7.34. The Morgan fingerprint density at radius 2 is 2.17 bits per heavy atom. The molecule has 0 bridgehead atoms. The molecule has 2 aromatic heterocycles. The number of carbonyl (C=O) groups is 1. The number of carbonyl (C=O) groups excluding carboxylic acids is 1. The third kappa shape index (κ3) is 3.48. The molecule has 2 aromatic rings. The van der Waals surface area contributed by atoms with Gasteiger partial charge in [-0.25, -0.2) is 0 Å². The SMILES string of the molecule is CC(C)c1cc(C(=O)N2CCC(C(O)c3cccs3)CC2)on1. The molecule has 5 nitrogen and oxygen atoms in total. The molecule has 0 spiro atoms. The molecule has 3 rings (SSSR count). The summed E-state index contributed by atoms with van der Waals surface area (Å²) in [6, 6.07) is 5.66. The summed E-state index contributed by atoms with van der Waals surface area (Å²) in [6.45, 7) is 5.32. The van der Waals surface area contributed by atoms with Crippen LogP contribution in [0, 0.1) is 5.92 Å². The van der Waals surface area contributed by atoms with Crippen LogP contribution in [0.15, 0.2) is 28.1 Å². The third-order valence-corrected chi connectivity index (χ3v) is 5.38. The van der Waals surface area contributed by atoms with E-state index in [9.17, 15) is 9.90 Å². The van der Waals surface area contributed by atoms with Crippen LogP contribution in [0.25, 0.3) is 0 Å². The average Bonchev–Trinajstić information content (AvgIpc) is 3.25. The molecule has 0 aromatic carbocycles. The van der Waals surface area contributed by atoms with Crippen molar-refractivity contribution in [2.75, 3.05) is 13.1 Å². The molecule has 0 aliphatic carbocycles. The molecule has 1 unspecified atom stereocenters. The van der Waals surface area contributed by atoms with Crippen molar-refractivity contribution >= 4 is 17.2 Å². The standard InChI is InChI=1S/C17H22N2O3S/c1-11(2)13-10-14(22-18-13)17(21)19-7-5-12(6-8-19)16(20)15-4-3-9-23-15/h3-4,9-12,16,20H,5-8H2,1-2H3. The molecule has 1 amide bonds. The molecule has 124 valence electrons. The Bertz CT molecular complexity index is 643. The van der Waals surface area contributed by atoms with Gasteiger partial charge in [0.25, 0.3) is 5.91 Å². The molecular formula is C17H22N2O3S. The lowest BCUT2D eigenvalue weighted by Crippen LogP contribution is -2.39. The minimum atomic E-state index is -0.426. The van der Waals surface area contributed by atoms with Gasteiger partial charge in [-0.15, -0.1) is 11.3 Å². The molecule has 1 fully saturated rings. The van der Waals surface area contributed by atoms with Gasteiger partial charge >= 0.3 is 0 Å². The number of hydrogen-bond acceptors (Lipinski definition) is 5. The summed E-state index contributed by atoms with van der Waals surface area (Å²) in [4.78, 5) is 15.3. The van der Waals surface area contributed by atoms with Gasteiger partial charge in [-0.1, -0.05) is 25.1 Å². The highest BCUT2D eigenvalue weighted by Crippen LogP contribution is 2.33. The first-order chi connectivity index (χ1) is 11.1. The maximum absolute atomic E-state index is 12.5. The first-order valence-corrected chi connectivity index (χ1v) is 8.91. The number of thiophene rings is 1. The third-order valence-electron chi connectivity index (χ3n) is 4.44. The van der Waals surface area contributed by atoms with Gasteiger partial charge in [0.05, 0.1) is 11.8 Å². The van der Waals surface area contributed by atoms with Gasteiger partial charge in [-0.2, -0.15) is 0 Å². The van der Waals surface area contributed by atoms with E-state index in [-0.39, 0.29) is 17.7 Å². The average molecular weight is 334 g/mol. The molecule has 1 N–H and O–H groups in total. The summed E-state index contributed by atoms with van der Waals surface area (Å²) < 4.78 is 5.19. The zero-order valence-corrected chi connectivity index (χ0v) is 14.3. The predicted octanol–water partition coefficient (Wildman–Crippen LogP) is 3.45. The fraction of sp³-hybridized carbons (Fsp3) is 0.529. The van der Waals surface area contributed by atoms with Crippen LogP contribution in [0.5, 0.6) is 0 Å². The van der Waals surface area contributed by atoms with E-state index in [0.29, 0.717) is 18.8 Å². The number of likely N-dealkylation sites (tertiary alicyclic amines) is 1. The Hall–Kier alpha value is -1.66. The van der Waals surface area contributed by atoms with Gasteiger partial charge in [0.15, 0.2) is 0 Å². The number of aliphatic hydroxyl groups excluding tert-OH is 1. The van der Waals surface area contributed by atoms with E-state index >= 15 is 0 Å². The Kier molecular flexibility index (Phi) is 4.82. The van der Waals surface area contributed by atoms with Crippen LogP contribution in [0.1, 0.15) is 59.8 Å². The zero-order valence-electron chi connectivity index (χ0n) is 13.4. The topological polar surface area (TPSA) is 66.6 Å². The molecule has 0 saturated carbocycles. The number of piperidine rings is 1. The Balaban J connectivity index is 1.58. The van der Waals surface area contributed by atoms with E-state index in [4.69, 9.17) is 4.52 Å². The number of amides is 1. The van der Waals surface area contributed by atoms with Crippen molar-refractivity contribution in [3.8, 4) is 0 Å². The monoisotopic (exact) mass is 334 g/mol. The highest BCUT2D eigenvalue weighted by Gasteiger charge is 2.30. The minimum Gasteiger partial charge on any atom is -0.387 e. The summed E-state index contributed by atoms with van der Waals surface area (Å²) in [5.41, 5.74) is 0.802. The number of aliphatic hydroxyl groups is 1. The normalized spacial score (nSPS) is 17.7. The summed E-state index contributed by atoms with van der Waals surface area (Å²) in [6.07, 6.45) is 1.18. The lowest BCUT2D eigenvalue weighted by atomic mass is 9.90. The molecular weight excluding hydrogens is 312 g/mol. The number of hydrogen-bond donors (Lipinski definition) is 1. The number of nitrogens with zero attached hydrogens (tertiary/aromatic N) is 2. The van der Waals surface area contributed by atoms with Gasteiger partial charge in [-0.3, -0.25) is 4.79 Å². The van der Waals surface area contributed by atoms with E-state index in [1.807, 2.05) is 31.4 Å². The van der Waals surface area contributed by atoms with Crippen LogP contribution >= 0.6 is 11.3 Å². The van der Waals surface area contributed by atoms with Crippen molar-refractivity contribution in [3.63, 3.8) is 0 Å². The predicted molar refractivity (Wildman–Crippen MR) is 88.5 cm³/mol. The molecule has 0 radical (unpaired) electrons. The highest BCUT2D eigenvalue weighted by atomic mass is 32.1. The van der Waals surface area contributed by atoms with Crippen molar-refractivity contribution in [2.45, 2.75) is 38.7 Å². The number of rotatable bonds is 4. The molecule has 1 atom stereocenters. The van der Waals surface area contributed by atoms with E-state index < -0.39 is 6.10 Å². The van der Waals surface area contributed by atoms with Crippen LogP contribution in [0.3, 0.4) is 0 Å². The van der Waals surface area contributed by atoms with Gasteiger partial charge in [0, 0.05) is 24.0 Å². The quantitative estimate of drug-likeness (QED) is 0.930. The fourth-order valence-electron chi connectivity index (χ4n) is 2.93. The van der Waals surface area contributed by atoms with Gasteiger partial charge < -0.3 is 14.5 Å². The molecule has 6 heteroatoms. The van der Waals surface area contributed by atoms with Crippen molar-refractivity contribution in [1.82, 2.24) is 10.1 Å². The van der Waals surface area contributed by atoms with Crippen molar-refractivity contribution in [2.24, 2.45) is 5.92 Å². The first kappa shape index (κ1) is 16.2. The van der Waals surface area contributed by atoms with Crippen molar-refractivity contribution in [3.05, 3.63) is 39.9 Å². The first-order valence-electron chi connectivity index (χ1n) is 8.03. The maximum Gasteiger partial charge on any atom is 0.292 e. The van der Waals surface area contributed by atoms with Crippen LogP contribution in [0.4, 0.5) is 0 Å². The van der Waals surface area contributed by atoms with Gasteiger partial charge in [0.2, 0.25) is 5.76 Å². The molecule has 1 aliphatic rings. The molecule has 1 saturated heterocycles. The summed E-state index contributed by atoms with van der Waals surface area (Å²) in [7, 11) is 0. The smallest absolute Gasteiger partial charge is 0.292 e. The van der Waals surface area contributed by atoms with E-state index in [0.717, 1.165) is 23.4 Å². The van der Waals surface area contributed by atoms with E-state index in [2.05, 4.69) is 5.16 Å². The largest absolute Gasteiger partial charge is 0.387 e. The lowest BCUT2D eigenvalue weighted by molar-refractivity contribution is 0.0447. The van der Waals surface area contributed by atoms with Crippen LogP contribution < -0.4 is 0 Å². The Morgan fingerprint density at radius 3 is 2.74 bits per heavy atom. The minimum absolute atomic E-state index is 0.103. The van der Waals surface area contributed by atoms with E-state index in [1.54, 1.807) is 22.3 Å². The molecule has 23 heavy (non-hydrogen) atoms. The summed E-state index contributed by atoms with van der Waals surface area (Å²) >= 11 is 1.58. The Labute approximate surface area is 139 Å². The zero-order chi connectivity index (χ0) is 16.4. The summed E-state index contributed by atoms with van der Waals surface area (Å²) in [5, 5.41) is 16.3. The van der Waals surface area contributed by atoms with Gasteiger partial charge in [0.1, 0.15) is 0 Å². The van der Waals surface area contributed by atoms with Crippen LogP contribution in [-0.4, -0.2) is 34.2 Å². The lowest BCUT2D eigenvalue weighted by Gasteiger charge is -2.33. The Morgan fingerprint density at radius 1 is 1.43 bits per heavy atom. The van der Waals surface area contributed by atoms with Crippen LogP contribution in [0.2, 0.25) is 0 Å². The second kappa shape index (κ2) is 6.84. The molecule has 1 aliphatic heterocycles. The highest BCUT2D eigenvalue weighted by molar-refractivity contribution is 7.10. The van der Waals surface area contributed by atoms with Crippen molar-refractivity contribution < 1.29 is 14.4 Å². The maximum atomic E-state index is 12.5. The van der Waals surface area contributed by atoms with Crippen LogP contribution in [-0.2, 0) is 0 Å².